The van der Waals surface area contributed by atoms with Crippen LogP contribution in [0.5, 0.6) is 0 Å². The lowest BCUT2D eigenvalue weighted by molar-refractivity contribution is -0.149. The second kappa shape index (κ2) is 16.5. The summed E-state index contributed by atoms with van der Waals surface area (Å²) < 4.78 is 17.5. The average molecular weight is 680 g/mol. The number of aromatic nitrogens is 1. The molecule has 5 aromatic carbocycles. The maximum atomic E-state index is 13.6. The van der Waals surface area contributed by atoms with Gasteiger partial charge in [-0.1, -0.05) is 115 Å². The van der Waals surface area contributed by atoms with Crippen LogP contribution in [0.15, 0.2) is 156 Å². The van der Waals surface area contributed by atoms with Gasteiger partial charge in [-0.15, -0.1) is 0 Å². The van der Waals surface area contributed by atoms with Crippen LogP contribution in [0.4, 0.5) is 0 Å². The second-order valence-corrected chi connectivity index (χ2v) is 11.3. The summed E-state index contributed by atoms with van der Waals surface area (Å²) in [5.41, 5.74) is 2.67. The van der Waals surface area contributed by atoms with Gasteiger partial charge in [0, 0.05) is 16.7 Å². The Morgan fingerprint density at radius 2 is 0.922 bits per heavy atom. The molecule has 10 nitrogen and oxygen atoms in total. The molecule has 2 atom stereocenters. The van der Waals surface area contributed by atoms with E-state index < -0.39 is 35.8 Å². The average Bonchev–Trinajstić information content (AvgIpc) is 3.61. The van der Waals surface area contributed by atoms with Gasteiger partial charge in [0.15, 0.2) is 24.5 Å². The fourth-order valence-electron chi connectivity index (χ4n) is 5.21. The van der Waals surface area contributed by atoms with Crippen LogP contribution in [-0.2, 0) is 32.3 Å². The van der Waals surface area contributed by atoms with Gasteiger partial charge in [-0.2, -0.15) is 0 Å². The fraction of sp³-hybridized carbons (Fsp3) is 0.0976. The third-order valence-electron chi connectivity index (χ3n) is 7.86. The molecule has 6 rings (SSSR count). The molecule has 6 aromatic rings. The minimum absolute atomic E-state index is 0.140. The van der Waals surface area contributed by atoms with Crippen LogP contribution in [0.3, 0.4) is 0 Å². The van der Waals surface area contributed by atoms with Gasteiger partial charge < -0.3 is 24.5 Å². The smallest absolute Gasteiger partial charge is 0.333 e. The predicted octanol–water partition coefficient (Wildman–Crippen LogP) is 6.77. The van der Waals surface area contributed by atoms with E-state index in [0.717, 1.165) is 0 Å². The minimum atomic E-state index is -1.13. The lowest BCUT2D eigenvalue weighted by Crippen LogP contribution is -2.35. The van der Waals surface area contributed by atoms with Crippen LogP contribution in [0.25, 0.3) is 11.5 Å². The molecule has 51 heavy (non-hydrogen) atoms. The highest BCUT2D eigenvalue weighted by Crippen LogP contribution is 2.25. The number of nitrogens with one attached hydrogen (secondary N) is 2. The summed E-state index contributed by atoms with van der Waals surface area (Å²) in [6.45, 7) is -0.720. The number of esters is 2. The molecular weight excluding hydrogens is 646 g/mol. The Hall–Kier alpha value is -6.81. The van der Waals surface area contributed by atoms with Crippen molar-refractivity contribution in [1.82, 2.24) is 15.6 Å². The zero-order chi connectivity index (χ0) is 35.4. The summed E-state index contributed by atoms with van der Waals surface area (Å²) >= 11 is 0. The van der Waals surface area contributed by atoms with Crippen LogP contribution < -0.4 is 10.6 Å². The molecule has 0 bridgehead atoms. The Morgan fingerprint density at radius 3 is 1.37 bits per heavy atom. The molecule has 0 radical (unpaired) electrons. The van der Waals surface area contributed by atoms with Crippen molar-refractivity contribution < 1.29 is 33.1 Å². The van der Waals surface area contributed by atoms with Crippen LogP contribution >= 0.6 is 0 Å². The number of hydrogen-bond acceptors (Lipinski definition) is 8. The summed E-state index contributed by atoms with van der Waals surface area (Å²) in [5.74, 6) is -2.01. The Kier molecular flexibility index (Phi) is 11.0. The van der Waals surface area contributed by atoms with Gasteiger partial charge in [0.2, 0.25) is 5.89 Å². The Morgan fingerprint density at radius 1 is 0.529 bits per heavy atom. The van der Waals surface area contributed by atoms with Crippen molar-refractivity contribution in [2.24, 2.45) is 0 Å². The van der Waals surface area contributed by atoms with E-state index in [1.165, 1.54) is 0 Å². The first kappa shape index (κ1) is 34.1. The quantitative estimate of drug-likeness (QED) is 0.128. The Balaban J connectivity index is 1.21. The highest BCUT2D eigenvalue weighted by molar-refractivity contribution is 5.97. The molecule has 0 spiro atoms. The first-order valence-corrected chi connectivity index (χ1v) is 16.2. The lowest BCUT2D eigenvalue weighted by atomic mass is 10.1. The monoisotopic (exact) mass is 679 g/mol. The number of oxazole rings is 1. The Labute approximate surface area is 294 Å². The first-order valence-electron chi connectivity index (χ1n) is 16.2. The van der Waals surface area contributed by atoms with Crippen molar-refractivity contribution in [3.63, 3.8) is 0 Å². The molecule has 1 heterocycles. The zero-order valence-electron chi connectivity index (χ0n) is 27.3. The van der Waals surface area contributed by atoms with Crippen LogP contribution in [0, 0.1) is 0 Å². The molecule has 0 saturated heterocycles. The SMILES string of the molecule is O=C(NC(C(=O)OCc1nc(-c2ccccc2)oc1COC(=O)C(NC(=O)c1ccccc1)c1ccccc1)c1ccccc1)c1ccccc1. The highest BCUT2D eigenvalue weighted by Gasteiger charge is 2.28. The van der Waals surface area contributed by atoms with Crippen LogP contribution in [-0.4, -0.2) is 28.7 Å². The number of ether oxygens (including phenoxy) is 2. The van der Waals surface area contributed by atoms with E-state index in [0.29, 0.717) is 27.8 Å². The number of nitrogens with zero attached hydrogens (tertiary/aromatic N) is 1. The molecule has 0 saturated carbocycles. The number of amides is 2. The highest BCUT2D eigenvalue weighted by atomic mass is 16.5. The molecule has 10 heteroatoms. The fourth-order valence-corrected chi connectivity index (χ4v) is 5.21. The molecule has 254 valence electrons. The molecule has 2 N–H and O–H groups in total. The van der Waals surface area contributed by atoms with Crippen LogP contribution in [0.1, 0.15) is 55.4 Å². The molecule has 2 amide bonds. The normalized spacial score (nSPS) is 11.8. The van der Waals surface area contributed by atoms with Gasteiger partial charge in [-0.25, -0.2) is 14.6 Å². The van der Waals surface area contributed by atoms with Crippen molar-refractivity contribution >= 4 is 23.8 Å². The largest absolute Gasteiger partial charge is 0.457 e. The predicted molar refractivity (Wildman–Crippen MR) is 188 cm³/mol. The standard InChI is InChI=1S/C41H33N3O7/c45-37(30-20-10-3-11-21-30)43-35(28-16-6-1-7-17-28)40(47)49-26-33-34(51-39(42-33)32-24-14-5-15-25-32)27-50-41(48)36(29-18-8-2-9-19-29)44-38(46)31-22-12-4-13-23-31/h1-25,35-36H,26-27H2,(H,43,45)(H,44,46). The van der Waals surface area contributed by atoms with Crippen LogP contribution in [0.2, 0.25) is 0 Å². The van der Waals surface area contributed by atoms with Gasteiger partial charge in [-0.05, 0) is 47.5 Å². The summed E-state index contributed by atoms with van der Waals surface area (Å²) in [6.07, 6.45) is 0. The molecule has 0 aliphatic rings. The van der Waals surface area contributed by atoms with Crippen molar-refractivity contribution in [3.8, 4) is 11.5 Å². The molecule has 0 aliphatic carbocycles. The molecule has 0 aliphatic heterocycles. The van der Waals surface area contributed by atoms with Crippen molar-refractivity contribution in [2.45, 2.75) is 25.3 Å². The van der Waals surface area contributed by atoms with E-state index in [1.54, 1.807) is 133 Å². The number of benzene rings is 5. The number of hydrogen-bond donors (Lipinski definition) is 2. The second-order valence-electron chi connectivity index (χ2n) is 11.3. The third kappa shape index (κ3) is 8.81. The van der Waals surface area contributed by atoms with E-state index in [1.807, 2.05) is 18.2 Å². The van der Waals surface area contributed by atoms with E-state index >= 15 is 0 Å². The summed E-state index contributed by atoms with van der Waals surface area (Å²) in [7, 11) is 0. The van der Waals surface area contributed by atoms with E-state index in [4.69, 9.17) is 13.9 Å². The molecule has 2 unspecified atom stereocenters. The third-order valence-corrected chi connectivity index (χ3v) is 7.86. The molecular formula is C41H33N3O7. The van der Waals surface area contributed by atoms with Gasteiger partial charge in [0.05, 0.1) is 0 Å². The minimum Gasteiger partial charge on any atom is -0.457 e. The van der Waals surface area contributed by atoms with Gasteiger partial charge in [0.25, 0.3) is 11.8 Å². The number of carbonyl (C=O) groups is 4. The van der Waals surface area contributed by atoms with Gasteiger partial charge in [0.1, 0.15) is 12.3 Å². The van der Waals surface area contributed by atoms with Gasteiger partial charge in [-0.3, -0.25) is 9.59 Å². The van der Waals surface area contributed by atoms with E-state index in [-0.39, 0.29) is 30.6 Å². The number of rotatable bonds is 13. The summed E-state index contributed by atoms with van der Waals surface area (Å²) in [4.78, 5) is 57.8. The van der Waals surface area contributed by atoms with E-state index in [9.17, 15) is 19.2 Å². The maximum Gasteiger partial charge on any atom is 0.333 e. The maximum absolute atomic E-state index is 13.6. The number of carbonyl (C=O) groups excluding carboxylic acids is 4. The first-order chi connectivity index (χ1) is 25.0. The Bertz CT molecular complexity index is 1940. The van der Waals surface area contributed by atoms with E-state index in [2.05, 4.69) is 15.6 Å². The zero-order valence-corrected chi connectivity index (χ0v) is 27.3. The molecule has 0 fully saturated rings. The van der Waals surface area contributed by atoms with Gasteiger partial charge >= 0.3 is 11.9 Å². The summed E-state index contributed by atoms with van der Waals surface area (Å²) in [6, 6.07) is 41.4. The van der Waals surface area contributed by atoms with Crippen molar-refractivity contribution in [1.29, 1.82) is 0 Å². The van der Waals surface area contributed by atoms with Crippen molar-refractivity contribution in [3.05, 3.63) is 185 Å². The topological polar surface area (TPSA) is 137 Å². The van der Waals surface area contributed by atoms with Crippen molar-refractivity contribution in [2.75, 3.05) is 0 Å². The summed E-state index contributed by atoms with van der Waals surface area (Å²) in [5, 5.41) is 5.53. The molecule has 1 aromatic heterocycles. The lowest BCUT2D eigenvalue weighted by Gasteiger charge is -2.19.